The van der Waals surface area contributed by atoms with Gasteiger partial charge in [0.1, 0.15) is 6.73 Å². The molecule has 0 radical (unpaired) electrons. The van der Waals surface area contributed by atoms with Crippen molar-refractivity contribution in [2.75, 3.05) is 13.2 Å². The van der Waals surface area contributed by atoms with Gasteiger partial charge in [-0.15, -0.1) is 0 Å². The summed E-state index contributed by atoms with van der Waals surface area (Å²) in [5, 5.41) is 1.27. The van der Waals surface area contributed by atoms with Crippen LogP contribution in [-0.4, -0.2) is 17.7 Å². The van der Waals surface area contributed by atoms with Gasteiger partial charge in [0.05, 0.1) is 12.1 Å². The van der Waals surface area contributed by atoms with E-state index in [9.17, 15) is 0 Å². The van der Waals surface area contributed by atoms with Crippen LogP contribution in [0, 0.1) is 5.92 Å². The van der Waals surface area contributed by atoms with E-state index in [4.69, 9.17) is 10.5 Å². The van der Waals surface area contributed by atoms with Crippen molar-refractivity contribution >= 4 is 10.9 Å². The maximum atomic E-state index is 5.77. The first kappa shape index (κ1) is 11.8. The van der Waals surface area contributed by atoms with E-state index in [1.165, 1.54) is 29.3 Å². The molecule has 0 unspecified atom stereocenters. The quantitative estimate of drug-likeness (QED) is 0.848. The van der Waals surface area contributed by atoms with Crippen LogP contribution in [-0.2, 0) is 17.9 Å². The van der Waals surface area contributed by atoms with E-state index in [-0.39, 0.29) is 0 Å². The maximum Gasteiger partial charge on any atom is 0.122 e. The molecular formula is C15H20N2O. The Kier molecular flexibility index (Phi) is 3.35. The SMILES string of the molecule is NCCc1cccc2ccn(COCC3CC3)c12. The molecule has 0 saturated heterocycles. The van der Waals surface area contributed by atoms with Gasteiger partial charge in [-0.05, 0) is 48.7 Å². The van der Waals surface area contributed by atoms with Crippen LogP contribution in [0.2, 0.25) is 0 Å². The molecular weight excluding hydrogens is 224 g/mol. The first-order chi connectivity index (χ1) is 8.88. The summed E-state index contributed by atoms with van der Waals surface area (Å²) in [6, 6.07) is 8.55. The van der Waals surface area contributed by atoms with Gasteiger partial charge in [-0.3, -0.25) is 0 Å². The third kappa shape index (κ3) is 2.42. The van der Waals surface area contributed by atoms with Crippen LogP contribution in [0.4, 0.5) is 0 Å². The van der Waals surface area contributed by atoms with E-state index in [1.54, 1.807) is 0 Å². The zero-order valence-electron chi connectivity index (χ0n) is 10.6. The number of hydrogen-bond donors (Lipinski definition) is 1. The largest absolute Gasteiger partial charge is 0.360 e. The molecule has 0 aliphatic heterocycles. The van der Waals surface area contributed by atoms with Gasteiger partial charge in [-0.2, -0.15) is 0 Å². The Balaban J connectivity index is 1.80. The molecule has 1 heterocycles. The smallest absolute Gasteiger partial charge is 0.122 e. The highest BCUT2D eigenvalue weighted by molar-refractivity contribution is 5.83. The van der Waals surface area contributed by atoms with E-state index in [0.29, 0.717) is 13.3 Å². The van der Waals surface area contributed by atoms with Gasteiger partial charge in [0.15, 0.2) is 0 Å². The number of nitrogens with two attached hydrogens (primary N) is 1. The molecule has 1 aliphatic carbocycles. The average Bonchev–Trinajstić information content (AvgIpc) is 3.10. The highest BCUT2D eigenvalue weighted by Crippen LogP contribution is 2.29. The first-order valence-electron chi connectivity index (χ1n) is 6.73. The highest BCUT2D eigenvalue weighted by Gasteiger charge is 2.21. The predicted octanol–water partition coefficient (Wildman–Crippen LogP) is 2.53. The number of hydrogen-bond acceptors (Lipinski definition) is 2. The number of fused-ring (bicyclic) bond motifs is 1. The lowest BCUT2D eigenvalue weighted by Gasteiger charge is -2.10. The number of ether oxygens (including phenoxy) is 1. The van der Waals surface area contributed by atoms with Crippen molar-refractivity contribution in [3.8, 4) is 0 Å². The average molecular weight is 244 g/mol. The lowest BCUT2D eigenvalue weighted by Crippen LogP contribution is -2.07. The molecule has 1 aromatic heterocycles. The number of para-hydroxylation sites is 1. The molecule has 96 valence electrons. The van der Waals surface area contributed by atoms with Crippen molar-refractivity contribution in [1.29, 1.82) is 0 Å². The van der Waals surface area contributed by atoms with Gasteiger partial charge in [0, 0.05) is 6.20 Å². The highest BCUT2D eigenvalue weighted by atomic mass is 16.5. The Morgan fingerprint density at radius 3 is 2.94 bits per heavy atom. The number of rotatable bonds is 6. The second-order valence-electron chi connectivity index (χ2n) is 5.12. The zero-order chi connectivity index (χ0) is 12.4. The number of nitrogens with zero attached hydrogens (tertiary/aromatic N) is 1. The summed E-state index contributed by atoms with van der Waals surface area (Å²) in [6.07, 6.45) is 5.71. The minimum atomic E-state index is 0.654. The number of aromatic nitrogens is 1. The van der Waals surface area contributed by atoms with Crippen LogP contribution in [0.1, 0.15) is 18.4 Å². The van der Waals surface area contributed by atoms with Crippen LogP contribution < -0.4 is 5.73 Å². The predicted molar refractivity (Wildman–Crippen MR) is 73.4 cm³/mol. The standard InChI is InChI=1S/C15H20N2O/c16-8-6-13-2-1-3-14-7-9-17(15(13)14)11-18-10-12-4-5-12/h1-3,7,9,12H,4-6,8,10-11,16H2. The summed E-state index contributed by atoms with van der Waals surface area (Å²) >= 11 is 0. The molecule has 0 spiro atoms. The first-order valence-corrected chi connectivity index (χ1v) is 6.73. The maximum absolute atomic E-state index is 5.77. The van der Waals surface area contributed by atoms with Crippen molar-refractivity contribution in [3.05, 3.63) is 36.0 Å². The molecule has 2 aromatic rings. The molecule has 0 atom stereocenters. The molecule has 2 N–H and O–H groups in total. The fourth-order valence-corrected chi connectivity index (χ4v) is 2.41. The molecule has 3 nitrogen and oxygen atoms in total. The van der Waals surface area contributed by atoms with Gasteiger partial charge >= 0.3 is 0 Å². The summed E-state index contributed by atoms with van der Waals surface area (Å²) in [4.78, 5) is 0. The van der Waals surface area contributed by atoms with Gasteiger partial charge < -0.3 is 15.0 Å². The summed E-state index contributed by atoms with van der Waals surface area (Å²) in [6.45, 7) is 2.24. The van der Waals surface area contributed by atoms with Gasteiger partial charge in [-0.25, -0.2) is 0 Å². The minimum absolute atomic E-state index is 0.654. The summed E-state index contributed by atoms with van der Waals surface area (Å²) in [5.41, 5.74) is 8.27. The third-order valence-corrected chi connectivity index (χ3v) is 3.57. The molecule has 1 aliphatic rings. The fourth-order valence-electron chi connectivity index (χ4n) is 2.41. The van der Waals surface area contributed by atoms with E-state index >= 15 is 0 Å². The van der Waals surface area contributed by atoms with Crippen molar-refractivity contribution in [3.63, 3.8) is 0 Å². The van der Waals surface area contributed by atoms with Crippen LogP contribution in [0.3, 0.4) is 0 Å². The molecule has 1 fully saturated rings. The minimum Gasteiger partial charge on any atom is -0.360 e. The number of benzene rings is 1. The lowest BCUT2D eigenvalue weighted by atomic mass is 10.1. The van der Waals surface area contributed by atoms with Crippen LogP contribution >= 0.6 is 0 Å². The van der Waals surface area contributed by atoms with E-state index in [1.807, 2.05) is 0 Å². The Bertz CT molecular complexity index is 528. The lowest BCUT2D eigenvalue weighted by molar-refractivity contribution is 0.0717. The Morgan fingerprint density at radius 2 is 2.17 bits per heavy atom. The monoisotopic (exact) mass is 244 g/mol. The molecule has 1 saturated carbocycles. The molecule has 0 amide bonds. The molecule has 3 rings (SSSR count). The van der Waals surface area contributed by atoms with Crippen LogP contribution in [0.15, 0.2) is 30.5 Å². The molecule has 0 bridgehead atoms. The normalized spacial score (nSPS) is 15.4. The van der Waals surface area contributed by atoms with E-state index in [0.717, 1.165) is 18.9 Å². The Labute approximate surface area is 108 Å². The summed E-state index contributed by atoms with van der Waals surface area (Å²) in [5.74, 6) is 0.815. The molecule has 3 heteroatoms. The van der Waals surface area contributed by atoms with Crippen molar-refractivity contribution in [1.82, 2.24) is 4.57 Å². The summed E-state index contributed by atoms with van der Waals surface area (Å²) in [7, 11) is 0. The van der Waals surface area contributed by atoms with Crippen LogP contribution in [0.25, 0.3) is 10.9 Å². The Morgan fingerprint density at radius 1 is 1.28 bits per heavy atom. The van der Waals surface area contributed by atoms with E-state index in [2.05, 4.69) is 35.0 Å². The van der Waals surface area contributed by atoms with Crippen LogP contribution in [0.5, 0.6) is 0 Å². The topological polar surface area (TPSA) is 40.2 Å². The van der Waals surface area contributed by atoms with Crippen molar-refractivity contribution in [2.24, 2.45) is 11.7 Å². The third-order valence-electron chi connectivity index (χ3n) is 3.57. The Hall–Kier alpha value is -1.32. The second kappa shape index (κ2) is 5.12. The van der Waals surface area contributed by atoms with E-state index < -0.39 is 0 Å². The van der Waals surface area contributed by atoms with Crippen molar-refractivity contribution in [2.45, 2.75) is 26.0 Å². The van der Waals surface area contributed by atoms with Gasteiger partial charge in [0.25, 0.3) is 0 Å². The molecule has 18 heavy (non-hydrogen) atoms. The van der Waals surface area contributed by atoms with Gasteiger partial charge in [0.2, 0.25) is 0 Å². The zero-order valence-corrected chi connectivity index (χ0v) is 10.6. The fraction of sp³-hybridized carbons (Fsp3) is 0.467. The van der Waals surface area contributed by atoms with Gasteiger partial charge in [-0.1, -0.05) is 18.2 Å². The van der Waals surface area contributed by atoms with Crippen molar-refractivity contribution < 1.29 is 4.74 Å². The second-order valence-corrected chi connectivity index (χ2v) is 5.12. The summed E-state index contributed by atoms with van der Waals surface area (Å²) < 4.78 is 7.97. The molecule has 1 aromatic carbocycles.